The highest BCUT2D eigenvalue weighted by atomic mass is 19.3. The molecule has 4 aliphatic rings. The van der Waals surface area contributed by atoms with E-state index in [2.05, 4.69) is 9.97 Å². The van der Waals surface area contributed by atoms with Crippen molar-refractivity contribution < 1.29 is 36.7 Å². The lowest BCUT2D eigenvalue weighted by atomic mass is 10.0. The molecule has 0 spiro atoms. The Labute approximate surface area is 333 Å². The van der Waals surface area contributed by atoms with Gasteiger partial charge in [0.1, 0.15) is 11.6 Å². The highest BCUT2D eigenvalue weighted by Gasteiger charge is 2.45. The molecule has 2 unspecified atom stereocenters. The van der Waals surface area contributed by atoms with Gasteiger partial charge in [-0.15, -0.1) is 0 Å². The second-order valence-corrected chi connectivity index (χ2v) is 16.2. The van der Waals surface area contributed by atoms with Crippen molar-refractivity contribution in [1.82, 2.24) is 39.5 Å². The number of nitrogens with one attached hydrogen (secondary N) is 2. The summed E-state index contributed by atoms with van der Waals surface area (Å²) in [5, 5.41) is 0. The summed E-state index contributed by atoms with van der Waals surface area (Å²) in [6, 6.07) is 14.9. The molecule has 4 amide bonds. The molecule has 58 heavy (non-hydrogen) atoms. The maximum atomic E-state index is 13.7. The number of alkyl halides is 4. The fourth-order valence-electron chi connectivity index (χ4n) is 8.71. The van der Waals surface area contributed by atoms with Crippen LogP contribution in [0.3, 0.4) is 0 Å². The van der Waals surface area contributed by atoms with Crippen LogP contribution in [-0.2, 0) is 19.2 Å². The molecule has 0 aliphatic carbocycles. The van der Waals surface area contributed by atoms with Gasteiger partial charge in [-0.2, -0.15) is 0 Å². The highest BCUT2D eigenvalue weighted by molar-refractivity contribution is 6.35. The van der Waals surface area contributed by atoms with Gasteiger partial charge in [0.05, 0.1) is 23.5 Å². The van der Waals surface area contributed by atoms with Crippen LogP contribution in [0.4, 0.5) is 17.6 Å². The number of hydrogen-bond acceptors (Lipinski definition) is 6. The van der Waals surface area contributed by atoms with Gasteiger partial charge >= 0.3 is 23.6 Å². The number of amides is 4. The minimum absolute atomic E-state index is 0.0347. The summed E-state index contributed by atoms with van der Waals surface area (Å²) in [4.78, 5) is 74.3. The molecule has 8 rings (SSSR count). The van der Waals surface area contributed by atoms with Gasteiger partial charge in [-0.05, 0) is 35.8 Å². The van der Waals surface area contributed by atoms with Gasteiger partial charge in [0.25, 0.3) is 11.8 Å². The Morgan fingerprint density at radius 3 is 1.21 bits per heavy atom. The summed E-state index contributed by atoms with van der Waals surface area (Å²) >= 11 is 0. The quantitative estimate of drug-likeness (QED) is 0.175. The van der Waals surface area contributed by atoms with E-state index >= 15 is 0 Å². The van der Waals surface area contributed by atoms with Gasteiger partial charge in [-0.1, -0.05) is 62.4 Å². The number of aromatic nitrogens is 4. The zero-order chi connectivity index (χ0) is 40.9. The SMILES string of the molecule is CC1CCN(C(=O)C(=O)N2CCC(F)(F)CC2)[C@@H]1c1nc(-c2ccc(-c3ccc(-c4c[nH]c(C5[C@@H](C)CCN5C(=O)C(=O)N5CCC(F)(F)CC5)n4)cc3)cc2)c[nH]1. The first-order valence-corrected chi connectivity index (χ1v) is 20.0. The van der Waals surface area contributed by atoms with Crippen LogP contribution in [0.1, 0.15) is 76.1 Å². The minimum atomic E-state index is -2.82. The van der Waals surface area contributed by atoms with Crippen LogP contribution >= 0.6 is 0 Å². The molecule has 6 heterocycles. The predicted molar refractivity (Wildman–Crippen MR) is 205 cm³/mol. The number of carbonyl (C=O) groups is 4. The van der Waals surface area contributed by atoms with Gasteiger partial charge in [-0.25, -0.2) is 27.5 Å². The van der Waals surface area contributed by atoms with Crippen molar-refractivity contribution in [2.45, 2.75) is 76.3 Å². The lowest BCUT2D eigenvalue weighted by Crippen LogP contribution is -2.49. The zero-order valence-electron chi connectivity index (χ0n) is 32.4. The molecule has 4 aliphatic heterocycles. The van der Waals surface area contributed by atoms with Crippen molar-refractivity contribution in [2.75, 3.05) is 39.3 Å². The predicted octanol–water partition coefficient (Wildman–Crippen LogP) is 6.47. The van der Waals surface area contributed by atoms with Crippen molar-refractivity contribution >= 4 is 23.6 Å². The van der Waals surface area contributed by atoms with E-state index in [4.69, 9.17) is 9.97 Å². The first kappa shape index (κ1) is 39.3. The second kappa shape index (κ2) is 15.3. The molecular weight excluding hydrogens is 757 g/mol. The summed E-state index contributed by atoms with van der Waals surface area (Å²) in [6.07, 6.45) is 3.13. The number of nitrogens with zero attached hydrogens (tertiary/aromatic N) is 6. The fourth-order valence-corrected chi connectivity index (χ4v) is 8.71. The van der Waals surface area contributed by atoms with Crippen molar-refractivity contribution in [1.29, 1.82) is 0 Å². The number of rotatable bonds is 5. The molecule has 2 aromatic heterocycles. The number of aromatic amines is 2. The van der Waals surface area contributed by atoms with E-state index in [-0.39, 0.29) is 38.0 Å². The summed E-state index contributed by atoms with van der Waals surface area (Å²) in [7, 11) is 0. The van der Waals surface area contributed by atoms with E-state index in [1.165, 1.54) is 19.6 Å². The normalized spacial score (nSPS) is 24.3. The average Bonchev–Trinajstić information content (AvgIpc) is 4.04. The van der Waals surface area contributed by atoms with Crippen LogP contribution in [-0.4, -0.2) is 114 Å². The lowest BCUT2D eigenvalue weighted by Gasteiger charge is -2.33. The number of benzene rings is 2. The van der Waals surface area contributed by atoms with E-state index in [1.807, 2.05) is 62.4 Å². The number of halogens is 4. The van der Waals surface area contributed by atoms with E-state index in [0.717, 1.165) is 22.3 Å². The standard InChI is InChI=1S/C42H46F4N8O4/c1-25-11-17-53(39(57)37(55)51-19-13-41(43,44)14-20-51)33(25)35-47-23-31(49-35)29-7-3-27(4-8-29)28-5-9-30(10-6-28)32-24-48-36(50-32)34-26(2)12-18-54(34)40(58)38(56)52-21-15-42(45,46)16-22-52/h3-10,23-26,33-34H,11-22H2,1-2H3,(H,47,49)(H,48,50)/t25-,26?,33?,34-/m0/s1. The molecule has 12 nitrogen and oxygen atoms in total. The van der Waals surface area contributed by atoms with E-state index < -0.39 is 73.2 Å². The maximum Gasteiger partial charge on any atom is 0.312 e. The highest BCUT2D eigenvalue weighted by Crippen LogP contribution is 2.39. The molecule has 4 aromatic rings. The van der Waals surface area contributed by atoms with Crippen LogP contribution in [0.2, 0.25) is 0 Å². The van der Waals surface area contributed by atoms with Crippen LogP contribution in [0.15, 0.2) is 60.9 Å². The Morgan fingerprint density at radius 1 is 0.534 bits per heavy atom. The monoisotopic (exact) mass is 802 g/mol. The number of likely N-dealkylation sites (tertiary alicyclic amines) is 4. The van der Waals surface area contributed by atoms with Gasteiger partial charge in [0, 0.05) is 88.5 Å². The fraction of sp³-hybridized carbons (Fsp3) is 0.476. The topological polar surface area (TPSA) is 139 Å². The molecule has 4 fully saturated rings. The first-order chi connectivity index (χ1) is 27.7. The summed E-state index contributed by atoms with van der Waals surface area (Å²) < 4.78 is 54.7. The molecule has 0 bridgehead atoms. The lowest BCUT2D eigenvalue weighted by molar-refractivity contribution is -0.156. The Kier molecular flexibility index (Phi) is 10.4. The molecule has 16 heteroatoms. The molecule has 2 aromatic carbocycles. The molecule has 2 N–H and O–H groups in total. The van der Waals surface area contributed by atoms with Crippen molar-refractivity contribution in [2.24, 2.45) is 11.8 Å². The van der Waals surface area contributed by atoms with E-state index in [9.17, 15) is 36.7 Å². The summed E-state index contributed by atoms with van der Waals surface area (Å²) in [5.74, 6) is -7.31. The number of piperidine rings is 2. The number of imidazole rings is 2. The maximum absolute atomic E-state index is 13.7. The third-order valence-corrected chi connectivity index (χ3v) is 12.3. The van der Waals surface area contributed by atoms with E-state index in [0.29, 0.717) is 49.0 Å². The molecular formula is C42H46F4N8O4. The number of H-pyrrole nitrogens is 2. The van der Waals surface area contributed by atoms with Crippen LogP contribution in [0, 0.1) is 11.8 Å². The smallest absolute Gasteiger partial charge is 0.312 e. The first-order valence-electron chi connectivity index (χ1n) is 20.0. The van der Waals surface area contributed by atoms with E-state index in [1.54, 1.807) is 12.4 Å². The molecule has 0 radical (unpaired) electrons. The zero-order valence-corrected chi connectivity index (χ0v) is 32.4. The van der Waals surface area contributed by atoms with Gasteiger partial charge in [0.2, 0.25) is 0 Å². The Morgan fingerprint density at radius 2 is 0.862 bits per heavy atom. The van der Waals surface area contributed by atoms with Crippen molar-refractivity contribution in [3.05, 3.63) is 72.6 Å². The van der Waals surface area contributed by atoms with Gasteiger partial charge in [-0.3, -0.25) is 19.2 Å². The minimum Gasteiger partial charge on any atom is -0.346 e. The van der Waals surface area contributed by atoms with Crippen LogP contribution in [0.5, 0.6) is 0 Å². The Balaban J connectivity index is 0.908. The third kappa shape index (κ3) is 7.72. The Hall–Kier alpha value is -5.54. The largest absolute Gasteiger partial charge is 0.346 e. The molecule has 306 valence electrons. The van der Waals surface area contributed by atoms with Gasteiger partial charge < -0.3 is 29.6 Å². The van der Waals surface area contributed by atoms with Crippen molar-refractivity contribution in [3.8, 4) is 33.6 Å². The second-order valence-electron chi connectivity index (χ2n) is 16.2. The number of carbonyl (C=O) groups excluding carboxylic acids is 4. The Bertz CT molecular complexity index is 2010. The van der Waals surface area contributed by atoms with Crippen molar-refractivity contribution in [3.63, 3.8) is 0 Å². The van der Waals surface area contributed by atoms with Gasteiger partial charge in [0.15, 0.2) is 0 Å². The summed E-state index contributed by atoms with van der Waals surface area (Å²) in [6.45, 7) is 4.17. The average molecular weight is 803 g/mol. The third-order valence-electron chi connectivity index (χ3n) is 12.3. The molecule has 4 atom stereocenters. The number of hydrogen-bond donors (Lipinski definition) is 2. The molecule has 0 saturated carbocycles. The molecule has 4 saturated heterocycles. The summed E-state index contributed by atoms with van der Waals surface area (Å²) in [5.41, 5.74) is 5.02. The van der Waals surface area contributed by atoms with Crippen LogP contribution in [0.25, 0.3) is 33.6 Å². The van der Waals surface area contributed by atoms with Crippen LogP contribution < -0.4 is 0 Å².